The number of hydrogen-bond donors (Lipinski definition) is 3. The highest BCUT2D eigenvalue weighted by atomic mass is 16.6. The summed E-state index contributed by atoms with van der Waals surface area (Å²) in [5.74, 6) is -0.980. The molecule has 182 valence electrons. The third-order valence-electron chi connectivity index (χ3n) is 4.56. The second-order valence-corrected chi connectivity index (χ2v) is 8.42. The third-order valence-corrected chi connectivity index (χ3v) is 4.56. The van der Waals surface area contributed by atoms with Crippen molar-refractivity contribution in [3.05, 3.63) is 65.2 Å². The van der Waals surface area contributed by atoms with E-state index in [1.165, 1.54) is 12.1 Å². The number of amidine groups is 1. The summed E-state index contributed by atoms with van der Waals surface area (Å²) >= 11 is 0. The molecule has 2 aromatic rings. The number of nitrogen functional groups attached to an aromatic ring is 1. The molecular formula is C25H31N3O6. The number of carbonyl (C=O) groups excluding carboxylic acids is 3. The summed E-state index contributed by atoms with van der Waals surface area (Å²) in [6.45, 7) is 7.27. The SMILES string of the molecule is CCOC(=O)COc1ccc(C(=O)[C@H](COC(C)(C)C)NC(=O)c2ccc(C(=N)N)cc2)cc1. The van der Waals surface area contributed by atoms with Gasteiger partial charge in [-0.05, 0) is 64.1 Å². The second-order valence-electron chi connectivity index (χ2n) is 8.42. The smallest absolute Gasteiger partial charge is 0.344 e. The normalized spacial score (nSPS) is 11.9. The first-order valence-corrected chi connectivity index (χ1v) is 10.8. The highest BCUT2D eigenvalue weighted by Gasteiger charge is 2.25. The maximum absolute atomic E-state index is 13.2. The summed E-state index contributed by atoms with van der Waals surface area (Å²) in [5, 5.41) is 10.2. The lowest BCUT2D eigenvalue weighted by Gasteiger charge is -2.24. The minimum atomic E-state index is -0.939. The van der Waals surface area contributed by atoms with Crippen LogP contribution >= 0.6 is 0 Å². The van der Waals surface area contributed by atoms with Gasteiger partial charge in [-0.2, -0.15) is 0 Å². The van der Waals surface area contributed by atoms with E-state index in [2.05, 4.69) is 5.32 Å². The Morgan fingerprint density at radius 2 is 1.53 bits per heavy atom. The van der Waals surface area contributed by atoms with Crippen molar-refractivity contribution in [2.24, 2.45) is 5.73 Å². The van der Waals surface area contributed by atoms with Crippen molar-refractivity contribution < 1.29 is 28.6 Å². The number of amides is 1. The van der Waals surface area contributed by atoms with E-state index >= 15 is 0 Å². The molecule has 0 radical (unpaired) electrons. The molecule has 0 fully saturated rings. The van der Waals surface area contributed by atoms with Crippen molar-refractivity contribution in [1.29, 1.82) is 5.41 Å². The van der Waals surface area contributed by atoms with Gasteiger partial charge in [-0.1, -0.05) is 12.1 Å². The zero-order valence-corrected chi connectivity index (χ0v) is 19.8. The second kappa shape index (κ2) is 11.9. The molecule has 0 saturated heterocycles. The van der Waals surface area contributed by atoms with Crippen LogP contribution in [-0.2, 0) is 14.3 Å². The topological polar surface area (TPSA) is 141 Å². The van der Waals surface area contributed by atoms with E-state index in [1.807, 2.05) is 20.8 Å². The molecule has 9 nitrogen and oxygen atoms in total. The van der Waals surface area contributed by atoms with Gasteiger partial charge >= 0.3 is 5.97 Å². The number of ketones is 1. The average Bonchev–Trinajstić information content (AvgIpc) is 2.80. The first-order chi connectivity index (χ1) is 16.0. The van der Waals surface area contributed by atoms with Crippen LogP contribution in [0.4, 0.5) is 0 Å². The predicted molar refractivity (Wildman–Crippen MR) is 127 cm³/mol. The molecule has 0 spiro atoms. The summed E-state index contributed by atoms with van der Waals surface area (Å²) in [7, 11) is 0. The van der Waals surface area contributed by atoms with Crippen LogP contribution in [0.15, 0.2) is 48.5 Å². The molecule has 0 aliphatic heterocycles. The molecule has 0 bridgehead atoms. The molecule has 0 aliphatic rings. The van der Waals surface area contributed by atoms with Gasteiger partial charge in [-0.15, -0.1) is 0 Å². The van der Waals surface area contributed by atoms with Crippen LogP contribution in [0.3, 0.4) is 0 Å². The fraction of sp³-hybridized carbons (Fsp3) is 0.360. The number of nitrogens with two attached hydrogens (primary N) is 1. The Hall–Kier alpha value is -3.72. The van der Waals surface area contributed by atoms with Crippen LogP contribution < -0.4 is 15.8 Å². The number of carbonyl (C=O) groups is 3. The lowest BCUT2D eigenvalue weighted by Crippen LogP contribution is -2.45. The van der Waals surface area contributed by atoms with Crippen molar-refractivity contribution in [2.45, 2.75) is 39.3 Å². The minimum absolute atomic E-state index is 0.0271. The summed E-state index contributed by atoms with van der Waals surface area (Å²) < 4.78 is 15.9. The molecule has 0 aromatic heterocycles. The van der Waals surface area contributed by atoms with Gasteiger partial charge in [0.25, 0.3) is 5.91 Å². The standard InChI is InChI=1S/C25H31N3O6/c1-5-32-21(29)15-33-19-12-10-16(11-13-19)22(30)20(14-34-25(2,3)4)28-24(31)18-8-6-17(7-9-18)23(26)27/h6-13,20H,5,14-15H2,1-4H3,(H3,26,27)(H,28,31)/t20-/m0/s1. The molecule has 0 saturated carbocycles. The molecule has 0 heterocycles. The van der Waals surface area contributed by atoms with Gasteiger partial charge in [-0.3, -0.25) is 15.0 Å². The zero-order chi connectivity index (χ0) is 25.3. The fourth-order valence-electron chi connectivity index (χ4n) is 2.82. The quantitative estimate of drug-likeness (QED) is 0.199. The molecule has 2 aromatic carbocycles. The van der Waals surface area contributed by atoms with Crippen molar-refractivity contribution in [3.63, 3.8) is 0 Å². The largest absolute Gasteiger partial charge is 0.482 e. The lowest BCUT2D eigenvalue weighted by molar-refractivity contribution is -0.145. The number of hydrogen-bond acceptors (Lipinski definition) is 7. The summed E-state index contributed by atoms with van der Waals surface area (Å²) in [4.78, 5) is 37.4. The van der Waals surface area contributed by atoms with Gasteiger partial charge in [0.1, 0.15) is 17.6 Å². The van der Waals surface area contributed by atoms with E-state index in [-0.39, 0.29) is 31.4 Å². The molecule has 0 aliphatic carbocycles. The van der Waals surface area contributed by atoms with Crippen LogP contribution in [0.2, 0.25) is 0 Å². The van der Waals surface area contributed by atoms with Crippen LogP contribution in [-0.4, -0.2) is 55.0 Å². The van der Waals surface area contributed by atoms with Crippen molar-refractivity contribution in [3.8, 4) is 5.75 Å². The Bertz CT molecular complexity index is 1010. The van der Waals surface area contributed by atoms with E-state index < -0.39 is 23.5 Å². The Labute approximate surface area is 199 Å². The summed E-state index contributed by atoms with van der Waals surface area (Å²) in [5.41, 5.74) is 6.09. The number of nitrogens with one attached hydrogen (secondary N) is 2. The van der Waals surface area contributed by atoms with Gasteiger partial charge in [-0.25, -0.2) is 4.79 Å². The highest BCUT2D eigenvalue weighted by Crippen LogP contribution is 2.16. The van der Waals surface area contributed by atoms with Crippen LogP contribution in [0.5, 0.6) is 5.75 Å². The molecular weight excluding hydrogens is 438 g/mol. The van der Waals surface area contributed by atoms with Crippen molar-refractivity contribution >= 4 is 23.5 Å². The van der Waals surface area contributed by atoms with Crippen molar-refractivity contribution in [1.82, 2.24) is 5.32 Å². The molecule has 9 heteroatoms. The fourth-order valence-corrected chi connectivity index (χ4v) is 2.82. The van der Waals surface area contributed by atoms with E-state index in [9.17, 15) is 14.4 Å². The zero-order valence-electron chi connectivity index (χ0n) is 19.8. The first-order valence-electron chi connectivity index (χ1n) is 10.8. The molecule has 34 heavy (non-hydrogen) atoms. The molecule has 0 unspecified atom stereocenters. The minimum Gasteiger partial charge on any atom is -0.482 e. The molecule has 1 atom stereocenters. The Balaban J connectivity index is 2.14. The number of Topliss-reactive ketones (excluding diaryl/α,β-unsaturated/α-hetero) is 1. The number of benzene rings is 2. The van der Waals surface area contributed by atoms with Gasteiger partial charge in [0.15, 0.2) is 12.4 Å². The maximum Gasteiger partial charge on any atom is 0.344 e. The molecule has 4 N–H and O–H groups in total. The van der Waals surface area contributed by atoms with E-state index in [0.29, 0.717) is 22.4 Å². The van der Waals surface area contributed by atoms with Gasteiger partial charge in [0.2, 0.25) is 0 Å². The third kappa shape index (κ3) is 8.32. The van der Waals surface area contributed by atoms with Crippen LogP contribution in [0, 0.1) is 5.41 Å². The molecule has 2 rings (SSSR count). The molecule has 1 amide bonds. The van der Waals surface area contributed by atoms with Crippen LogP contribution in [0.25, 0.3) is 0 Å². The first kappa shape index (κ1) is 26.5. The van der Waals surface area contributed by atoms with Crippen molar-refractivity contribution in [2.75, 3.05) is 19.8 Å². The monoisotopic (exact) mass is 469 g/mol. The Morgan fingerprint density at radius 1 is 0.971 bits per heavy atom. The summed E-state index contributed by atoms with van der Waals surface area (Å²) in [6, 6.07) is 11.5. The van der Waals surface area contributed by atoms with E-state index in [0.717, 1.165) is 0 Å². The van der Waals surface area contributed by atoms with E-state index in [1.54, 1.807) is 43.3 Å². The Morgan fingerprint density at radius 3 is 2.06 bits per heavy atom. The van der Waals surface area contributed by atoms with Gasteiger partial charge < -0.3 is 25.3 Å². The number of rotatable bonds is 11. The number of ether oxygens (including phenoxy) is 3. The highest BCUT2D eigenvalue weighted by molar-refractivity contribution is 6.05. The Kier molecular flexibility index (Phi) is 9.32. The maximum atomic E-state index is 13.2. The van der Waals surface area contributed by atoms with E-state index in [4.69, 9.17) is 25.4 Å². The summed E-state index contributed by atoms with van der Waals surface area (Å²) in [6.07, 6.45) is 0. The van der Waals surface area contributed by atoms with Gasteiger partial charge in [0.05, 0.1) is 18.8 Å². The lowest BCUT2D eigenvalue weighted by atomic mass is 10.0. The predicted octanol–water partition coefficient (Wildman–Crippen LogP) is 2.71. The van der Waals surface area contributed by atoms with Gasteiger partial charge in [0, 0.05) is 16.7 Å². The van der Waals surface area contributed by atoms with Crippen LogP contribution in [0.1, 0.15) is 54.0 Å². The number of esters is 1. The average molecular weight is 470 g/mol.